The predicted octanol–water partition coefficient (Wildman–Crippen LogP) is 1.92. The minimum atomic E-state index is -0.581. The number of nitro benzene ring substituents is 1. The fourth-order valence-electron chi connectivity index (χ4n) is 2.31. The van der Waals surface area contributed by atoms with E-state index in [9.17, 15) is 14.5 Å². The SMILES string of the molecule is CC1CN(Cc2ccc([N+](=O)[O-])cc2F)C(C)CN1. The topological polar surface area (TPSA) is 58.4 Å². The molecule has 19 heavy (non-hydrogen) atoms. The summed E-state index contributed by atoms with van der Waals surface area (Å²) in [7, 11) is 0. The van der Waals surface area contributed by atoms with Crippen LogP contribution in [0.15, 0.2) is 18.2 Å². The fraction of sp³-hybridized carbons (Fsp3) is 0.538. The van der Waals surface area contributed by atoms with Crippen molar-refractivity contribution < 1.29 is 9.31 Å². The molecule has 0 bridgehead atoms. The van der Waals surface area contributed by atoms with E-state index in [4.69, 9.17) is 0 Å². The van der Waals surface area contributed by atoms with Gasteiger partial charge in [0.05, 0.1) is 11.0 Å². The lowest BCUT2D eigenvalue weighted by atomic mass is 10.1. The van der Waals surface area contributed by atoms with Gasteiger partial charge in [-0.3, -0.25) is 15.0 Å². The molecule has 2 rings (SSSR count). The first kappa shape index (κ1) is 13.9. The molecule has 6 heteroatoms. The third kappa shape index (κ3) is 3.27. The van der Waals surface area contributed by atoms with Crippen LogP contribution >= 0.6 is 0 Å². The standard InChI is InChI=1S/C13H18FN3O2/c1-9-7-16(10(2)6-15-9)8-11-3-4-12(17(18)19)5-13(11)14/h3-5,9-10,15H,6-8H2,1-2H3. The van der Waals surface area contributed by atoms with E-state index in [1.165, 1.54) is 12.1 Å². The molecule has 1 aliphatic rings. The average Bonchev–Trinajstić information content (AvgIpc) is 2.36. The van der Waals surface area contributed by atoms with Crippen LogP contribution in [0.2, 0.25) is 0 Å². The van der Waals surface area contributed by atoms with Crippen LogP contribution in [-0.4, -0.2) is 35.0 Å². The number of piperazine rings is 1. The number of hydrogen-bond acceptors (Lipinski definition) is 4. The number of benzene rings is 1. The summed E-state index contributed by atoms with van der Waals surface area (Å²) in [5, 5.41) is 13.9. The van der Waals surface area contributed by atoms with Crippen molar-refractivity contribution >= 4 is 5.69 Å². The van der Waals surface area contributed by atoms with Crippen molar-refractivity contribution in [1.82, 2.24) is 10.2 Å². The zero-order valence-corrected chi connectivity index (χ0v) is 11.1. The van der Waals surface area contributed by atoms with Gasteiger partial charge in [0.15, 0.2) is 0 Å². The van der Waals surface area contributed by atoms with Crippen molar-refractivity contribution in [3.63, 3.8) is 0 Å². The van der Waals surface area contributed by atoms with E-state index >= 15 is 0 Å². The monoisotopic (exact) mass is 267 g/mol. The summed E-state index contributed by atoms with van der Waals surface area (Å²) in [6, 6.07) is 4.55. The summed E-state index contributed by atoms with van der Waals surface area (Å²) in [5.74, 6) is -0.507. The highest BCUT2D eigenvalue weighted by Gasteiger charge is 2.23. The van der Waals surface area contributed by atoms with Gasteiger partial charge in [-0.15, -0.1) is 0 Å². The molecule has 1 saturated heterocycles. The van der Waals surface area contributed by atoms with Gasteiger partial charge >= 0.3 is 0 Å². The first-order valence-corrected chi connectivity index (χ1v) is 6.37. The smallest absolute Gasteiger partial charge is 0.272 e. The molecule has 0 aliphatic carbocycles. The van der Waals surface area contributed by atoms with Crippen molar-refractivity contribution in [3.8, 4) is 0 Å². The molecular weight excluding hydrogens is 249 g/mol. The average molecular weight is 267 g/mol. The summed E-state index contributed by atoms with van der Waals surface area (Å²) >= 11 is 0. The number of halogens is 1. The third-order valence-corrected chi connectivity index (χ3v) is 3.51. The number of hydrogen-bond donors (Lipinski definition) is 1. The van der Waals surface area contributed by atoms with E-state index in [2.05, 4.69) is 24.1 Å². The molecule has 1 fully saturated rings. The van der Waals surface area contributed by atoms with Crippen molar-refractivity contribution in [3.05, 3.63) is 39.7 Å². The zero-order valence-electron chi connectivity index (χ0n) is 11.1. The van der Waals surface area contributed by atoms with Gasteiger partial charge < -0.3 is 5.32 Å². The summed E-state index contributed by atoms with van der Waals surface area (Å²) < 4.78 is 13.8. The molecule has 5 nitrogen and oxygen atoms in total. The number of non-ortho nitro benzene ring substituents is 1. The highest BCUT2D eigenvalue weighted by molar-refractivity contribution is 5.34. The van der Waals surface area contributed by atoms with Crippen molar-refractivity contribution in [2.75, 3.05) is 13.1 Å². The van der Waals surface area contributed by atoms with E-state index in [-0.39, 0.29) is 5.69 Å². The third-order valence-electron chi connectivity index (χ3n) is 3.51. The first-order valence-electron chi connectivity index (χ1n) is 6.37. The Bertz CT molecular complexity index is 481. The second-order valence-corrected chi connectivity index (χ2v) is 5.12. The molecule has 0 amide bonds. The van der Waals surface area contributed by atoms with Gasteiger partial charge in [-0.25, -0.2) is 4.39 Å². The Balaban J connectivity index is 2.12. The molecule has 2 unspecified atom stereocenters. The van der Waals surface area contributed by atoms with Crippen LogP contribution in [0.4, 0.5) is 10.1 Å². The summed E-state index contributed by atoms with van der Waals surface area (Å²) in [6.45, 7) is 6.37. The molecule has 0 aromatic heterocycles. The molecule has 104 valence electrons. The Hall–Kier alpha value is -1.53. The van der Waals surface area contributed by atoms with Crippen LogP contribution in [0.3, 0.4) is 0 Å². The van der Waals surface area contributed by atoms with Crippen LogP contribution in [0, 0.1) is 15.9 Å². The quantitative estimate of drug-likeness (QED) is 0.671. The van der Waals surface area contributed by atoms with Crippen molar-refractivity contribution in [1.29, 1.82) is 0 Å². The van der Waals surface area contributed by atoms with Crippen LogP contribution in [0.25, 0.3) is 0 Å². The minimum Gasteiger partial charge on any atom is -0.311 e. The lowest BCUT2D eigenvalue weighted by Crippen LogP contribution is -2.53. The second-order valence-electron chi connectivity index (χ2n) is 5.12. The Labute approximate surface area is 111 Å². The van der Waals surface area contributed by atoms with Gasteiger partial charge in [0.25, 0.3) is 5.69 Å². The van der Waals surface area contributed by atoms with Gasteiger partial charge in [0.1, 0.15) is 5.82 Å². The summed E-state index contributed by atoms with van der Waals surface area (Å²) in [4.78, 5) is 12.2. The van der Waals surface area contributed by atoms with Crippen LogP contribution < -0.4 is 5.32 Å². The Kier molecular flexibility index (Phi) is 4.11. The minimum absolute atomic E-state index is 0.206. The number of nitro groups is 1. The maximum Gasteiger partial charge on any atom is 0.272 e. The molecule has 0 radical (unpaired) electrons. The highest BCUT2D eigenvalue weighted by atomic mass is 19.1. The first-order chi connectivity index (χ1) is 8.97. The molecule has 1 aromatic rings. The van der Waals surface area contributed by atoms with Gasteiger partial charge in [-0.2, -0.15) is 0 Å². The van der Waals surface area contributed by atoms with Crippen molar-refractivity contribution in [2.45, 2.75) is 32.5 Å². The van der Waals surface area contributed by atoms with E-state index in [1.54, 1.807) is 0 Å². The molecule has 0 spiro atoms. The molecule has 1 heterocycles. The van der Waals surface area contributed by atoms with Gasteiger partial charge in [0, 0.05) is 43.3 Å². The van der Waals surface area contributed by atoms with Crippen LogP contribution in [0.5, 0.6) is 0 Å². The Morgan fingerprint density at radius 1 is 1.53 bits per heavy atom. The zero-order chi connectivity index (χ0) is 14.0. The van der Waals surface area contributed by atoms with Gasteiger partial charge in [-0.05, 0) is 19.9 Å². The van der Waals surface area contributed by atoms with Gasteiger partial charge in [-0.1, -0.05) is 0 Å². The molecule has 0 saturated carbocycles. The second kappa shape index (κ2) is 5.63. The number of rotatable bonds is 3. The van der Waals surface area contributed by atoms with Crippen molar-refractivity contribution in [2.24, 2.45) is 0 Å². The maximum absolute atomic E-state index is 13.8. The molecule has 2 atom stereocenters. The molecule has 1 N–H and O–H groups in total. The lowest BCUT2D eigenvalue weighted by molar-refractivity contribution is -0.385. The number of nitrogens with zero attached hydrogens (tertiary/aromatic N) is 2. The molecular formula is C13H18FN3O2. The normalized spacial score (nSPS) is 24.4. The summed E-state index contributed by atoms with van der Waals surface area (Å²) in [6.07, 6.45) is 0. The number of nitrogens with one attached hydrogen (secondary N) is 1. The maximum atomic E-state index is 13.8. The summed E-state index contributed by atoms with van der Waals surface area (Å²) in [5.41, 5.74) is 0.300. The van der Waals surface area contributed by atoms with E-state index in [0.717, 1.165) is 19.2 Å². The predicted molar refractivity (Wildman–Crippen MR) is 70.4 cm³/mol. The van der Waals surface area contributed by atoms with E-state index in [0.29, 0.717) is 24.2 Å². The Morgan fingerprint density at radius 2 is 2.26 bits per heavy atom. The van der Waals surface area contributed by atoms with Crippen LogP contribution in [0.1, 0.15) is 19.4 Å². The Morgan fingerprint density at radius 3 is 2.89 bits per heavy atom. The lowest BCUT2D eigenvalue weighted by Gasteiger charge is -2.37. The fourth-order valence-corrected chi connectivity index (χ4v) is 2.31. The highest BCUT2D eigenvalue weighted by Crippen LogP contribution is 2.19. The van der Waals surface area contributed by atoms with E-state index < -0.39 is 10.7 Å². The van der Waals surface area contributed by atoms with E-state index in [1.807, 2.05) is 0 Å². The largest absolute Gasteiger partial charge is 0.311 e. The molecule has 1 aromatic carbocycles. The van der Waals surface area contributed by atoms with Gasteiger partial charge in [0.2, 0.25) is 0 Å². The molecule has 1 aliphatic heterocycles. The van der Waals surface area contributed by atoms with Crippen LogP contribution in [-0.2, 0) is 6.54 Å².